The summed E-state index contributed by atoms with van der Waals surface area (Å²) in [4.78, 5) is 25.5. The zero-order chi connectivity index (χ0) is 16.3. The van der Waals surface area contributed by atoms with Crippen molar-refractivity contribution in [2.45, 2.75) is 31.7 Å². The Morgan fingerprint density at radius 2 is 1.78 bits per heavy atom. The number of amides is 2. The highest BCUT2D eigenvalue weighted by Gasteiger charge is 2.36. The van der Waals surface area contributed by atoms with E-state index in [0.717, 1.165) is 22.9 Å². The van der Waals surface area contributed by atoms with Gasteiger partial charge in [0, 0.05) is 24.0 Å². The molecule has 1 heterocycles. The highest BCUT2D eigenvalue weighted by molar-refractivity contribution is 9.10. The van der Waals surface area contributed by atoms with E-state index in [1.54, 1.807) is 11.8 Å². The van der Waals surface area contributed by atoms with E-state index in [4.69, 9.17) is 11.5 Å². The normalized spacial score (nSPS) is 18.0. The lowest BCUT2D eigenvalue weighted by Gasteiger charge is -2.36. The zero-order valence-corrected chi connectivity index (χ0v) is 15.5. The maximum atomic E-state index is 12.7. The van der Waals surface area contributed by atoms with E-state index in [2.05, 4.69) is 15.9 Å². The van der Waals surface area contributed by atoms with Crippen molar-refractivity contribution in [2.24, 2.45) is 17.4 Å². The number of carbonyl (C=O) groups excluding carboxylic acids is 2. The van der Waals surface area contributed by atoms with Crippen LogP contribution in [0.4, 0.5) is 0 Å². The molecule has 23 heavy (non-hydrogen) atoms. The molecular formula is C16H23BrClN3O2. The molecule has 1 aliphatic heterocycles. The third kappa shape index (κ3) is 4.93. The van der Waals surface area contributed by atoms with Gasteiger partial charge in [0.05, 0.1) is 0 Å². The SMILES string of the molecule is CC(N)(C(=O)N1CCC(CC(N)=O)CC1)c1ccc(Br)cc1.Cl. The second-order valence-corrected chi connectivity index (χ2v) is 7.03. The van der Waals surface area contributed by atoms with Crippen molar-refractivity contribution in [1.82, 2.24) is 4.90 Å². The van der Waals surface area contributed by atoms with Crippen molar-refractivity contribution in [3.8, 4) is 0 Å². The first-order valence-corrected chi connectivity index (χ1v) is 8.22. The highest BCUT2D eigenvalue weighted by Crippen LogP contribution is 2.26. The Morgan fingerprint density at radius 3 is 2.26 bits per heavy atom. The van der Waals surface area contributed by atoms with Gasteiger partial charge < -0.3 is 16.4 Å². The monoisotopic (exact) mass is 403 g/mol. The molecule has 1 aromatic carbocycles. The molecule has 0 bridgehead atoms. The van der Waals surface area contributed by atoms with E-state index in [0.29, 0.717) is 19.5 Å². The van der Waals surface area contributed by atoms with Crippen LogP contribution in [-0.2, 0) is 15.1 Å². The fourth-order valence-corrected chi connectivity index (χ4v) is 3.14. The molecule has 0 aliphatic carbocycles. The molecule has 2 amide bonds. The summed E-state index contributed by atoms with van der Waals surface area (Å²) in [5.41, 5.74) is 11.3. The standard InChI is InChI=1S/C16H22BrN3O2.ClH/c1-16(19,12-2-4-13(17)5-3-12)15(22)20-8-6-11(7-9-20)10-14(18)21;/h2-5,11H,6-10,19H2,1H3,(H2,18,21);1H. The minimum Gasteiger partial charge on any atom is -0.370 e. The van der Waals surface area contributed by atoms with Crippen molar-refractivity contribution in [3.63, 3.8) is 0 Å². The van der Waals surface area contributed by atoms with E-state index in [-0.39, 0.29) is 30.1 Å². The Balaban J connectivity index is 0.00000264. The Hall–Kier alpha value is -1.11. The summed E-state index contributed by atoms with van der Waals surface area (Å²) >= 11 is 3.38. The Bertz CT molecular complexity index is 555. The van der Waals surface area contributed by atoms with Crippen LogP contribution in [0.25, 0.3) is 0 Å². The topological polar surface area (TPSA) is 89.4 Å². The lowest BCUT2D eigenvalue weighted by Crippen LogP contribution is -2.53. The lowest BCUT2D eigenvalue weighted by atomic mass is 9.88. The molecule has 2 rings (SSSR count). The highest BCUT2D eigenvalue weighted by atomic mass is 79.9. The maximum absolute atomic E-state index is 12.7. The number of nitrogens with zero attached hydrogens (tertiary/aromatic N) is 1. The summed E-state index contributed by atoms with van der Waals surface area (Å²) in [5, 5.41) is 0. The minimum absolute atomic E-state index is 0. The van der Waals surface area contributed by atoms with Crippen LogP contribution in [0.3, 0.4) is 0 Å². The molecular weight excluding hydrogens is 382 g/mol. The largest absolute Gasteiger partial charge is 0.370 e. The lowest BCUT2D eigenvalue weighted by molar-refractivity contribution is -0.138. The molecule has 0 spiro atoms. The van der Waals surface area contributed by atoms with Gasteiger partial charge in [-0.05, 0) is 43.4 Å². The number of carbonyl (C=O) groups is 2. The fraction of sp³-hybridized carbons (Fsp3) is 0.500. The van der Waals surface area contributed by atoms with Crippen LogP contribution in [0.15, 0.2) is 28.7 Å². The second kappa shape index (κ2) is 8.13. The van der Waals surface area contributed by atoms with E-state index >= 15 is 0 Å². The first-order chi connectivity index (χ1) is 10.3. The van der Waals surface area contributed by atoms with Gasteiger partial charge in [0.1, 0.15) is 5.54 Å². The fourth-order valence-electron chi connectivity index (χ4n) is 2.87. The van der Waals surface area contributed by atoms with Crippen LogP contribution < -0.4 is 11.5 Å². The molecule has 4 N–H and O–H groups in total. The summed E-state index contributed by atoms with van der Waals surface area (Å²) in [6.07, 6.45) is 1.99. The summed E-state index contributed by atoms with van der Waals surface area (Å²) < 4.78 is 0.951. The molecule has 1 atom stereocenters. The first kappa shape index (κ1) is 19.9. The predicted octanol–water partition coefficient (Wildman–Crippen LogP) is 2.16. The molecule has 1 aliphatic rings. The van der Waals surface area contributed by atoms with Gasteiger partial charge >= 0.3 is 0 Å². The summed E-state index contributed by atoms with van der Waals surface area (Å²) in [6.45, 7) is 2.99. The minimum atomic E-state index is -1.04. The van der Waals surface area contributed by atoms with Crippen LogP contribution in [0.2, 0.25) is 0 Å². The molecule has 0 radical (unpaired) electrons. The Labute approximate surface area is 151 Å². The first-order valence-electron chi connectivity index (χ1n) is 7.43. The third-order valence-corrected chi connectivity index (χ3v) is 4.81. The van der Waals surface area contributed by atoms with Crippen molar-refractivity contribution in [1.29, 1.82) is 0 Å². The zero-order valence-electron chi connectivity index (χ0n) is 13.1. The van der Waals surface area contributed by atoms with Gasteiger partial charge in [-0.15, -0.1) is 12.4 Å². The van der Waals surface area contributed by atoms with Crippen molar-refractivity contribution >= 4 is 40.2 Å². The number of halogens is 2. The van der Waals surface area contributed by atoms with Gasteiger partial charge in [0.25, 0.3) is 0 Å². The number of nitrogens with two attached hydrogens (primary N) is 2. The van der Waals surface area contributed by atoms with E-state index in [9.17, 15) is 9.59 Å². The molecule has 1 saturated heterocycles. The predicted molar refractivity (Wildman–Crippen MR) is 96.0 cm³/mol. The molecule has 1 unspecified atom stereocenters. The maximum Gasteiger partial charge on any atom is 0.246 e. The summed E-state index contributed by atoms with van der Waals surface area (Å²) in [7, 11) is 0. The average molecular weight is 405 g/mol. The average Bonchev–Trinajstić information content (AvgIpc) is 2.47. The van der Waals surface area contributed by atoms with Gasteiger partial charge in [-0.3, -0.25) is 9.59 Å². The molecule has 0 saturated carbocycles. The third-order valence-electron chi connectivity index (χ3n) is 4.28. The summed E-state index contributed by atoms with van der Waals surface area (Å²) in [5.74, 6) is -0.0751. The van der Waals surface area contributed by atoms with Gasteiger partial charge in [-0.25, -0.2) is 0 Å². The van der Waals surface area contributed by atoms with Gasteiger partial charge in [-0.1, -0.05) is 28.1 Å². The van der Waals surface area contributed by atoms with Crippen LogP contribution in [0, 0.1) is 5.92 Å². The van der Waals surface area contributed by atoms with Crippen molar-refractivity contribution in [3.05, 3.63) is 34.3 Å². The summed E-state index contributed by atoms with van der Waals surface area (Å²) in [6, 6.07) is 7.49. The molecule has 0 aromatic heterocycles. The van der Waals surface area contributed by atoms with E-state index in [1.165, 1.54) is 0 Å². The van der Waals surface area contributed by atoms with Gasteiger partial charge in [0.2, 0.25) is 11.8 Å². The Morgan fingerprint density at radius 1 is 1.26 bits per heavy atom. The van der Waals surface area contributed by atoms with Gasteiger partial charge in [0.15, 0.2) is 0 Å². The number of primary amides is 1. The van der Waals surface area contributed by atoms with E-state index < -0.39 is 5.54 Å². The molecule has 128 valence electrons. The number of hydrogen-bond acceptors (Lipinski definition) is 3. The number of likely N-dealkylation sites (tertiary alicyclic amines) is 1. The molecule has 1 aromatic rings. The second-order valence-electron chi connectivity index (χ2n) is 6.12. The molecule has 7 heteroatoms. The number of benzene rings is 1. The number of piperidine rings is 1. The van der Waals surface area contributed by atoms with Crippen molar-refractivity contribution in [2.75, 3.05) is 13.1 Å². The number of rotatable bonds is 4. The van der Waals surface area contributed by atoms with Crippen LogP contribution in [0.5, 0.6) is 0 Å². The molecule has 5 nitrogen and oxygen atoms in total. The smallest absolute Gasteiger partial charge is 0.246 e. The van der Waals surface area contributed by atoms with Crippen LogP contribution in [0.1, 0.15) is 31.7 Å². The quantitative estimate of drug-likeness (QED) is 0.806. The number of hydrogen-bond donors (Lipinski definition) is 2. The Kier molecular flexibility index (Phi) is 7.04. The molecule has 1 fully saturated rings. The van der Waals surface area contributed by atoms with Crippen molar-refractivity contribution < 1.29 is 9.59 Å². The van der Waals surface area contributed by atoms with Crippen LogP contribution >= 0.6 is 28.3 Å². The van der Waals surface area contributed by atoms with E-state index in [1.807, 2.05) is 24.3 Å². The van der Waals surface area contributed by atoms with Crippen LogP contribution in [-0.4, -0.2) is 29.8 Å². The van der Waals surface area contributed by atoms with Gasteiger partial charge in [-0.2, -0.15) is 0 Å².